The molecule has 2 heterocycles. The Hall–Kier alpha value is -3.49. The molecule has 1 N–H and O–H groups in total. The quantitative estimate of drug-likeness (QED) is 0.415. The molecular formula is C32H42F3N5O5S. The molecule has 0 atom stereocenters. The first-order valence-corrected chi connectivity index (χ1v) is 17.1. The van der Waals surface area contributed by atoms with Crippen molar-refractivity contribution in [1.82, 2.24) is 20.0 Å². The number of ketones is 1. The van der Waals surface area contributed by atoms with E-state index < -0.39 is 46.3 Å². The van der Waals surface area contributed by atoms with Gasteiger partial charge in [-0.2, -0.15) is 0 Å². The van der Waals surface area contributed by atoms with E-state index in [0.717, 1.165) is 50.9 Å². The normalized spacial score (nSPS) is 17.6. The molecule has 0 bridgehead atoms. The molecule has 4 rings (SSSR count). The average Bonchev–Trinajstić information content (AvgIpc) is 2.99. The Morgan fingerprint density at radius 3 is 2.09 bits per heavy atom. The molecule has 0 aliphatic carbocycles. The van der Waals surface area contributed by atoms with Crippen molar-refractivity contribution in [3.63, 3.8) is 0 Å². The lowest BCUT2D eigenvalue weighted by Crippen LogP contribution is -2.49. The third-order valence-corrected chi connectivity index (χ3v) is 9.58. The number of nitrogens with one attached hydrogen (secondary N) is 1. The fourth-order valence-electron chi connectivity index (χ4n) is 5.49. The molecule has 2 aliphatic heterocycles. The Balaban J connectivity index is 1.48. The number of benzene rings is 2. The van der Waals surface area contributed by atoms with Crippen LogP contribution in [0.25, 0.3) is 0 Å². The first-order valence-electron chi connectivity index (χ1n) is 15.3. The Kier molecular flexibility index (Phi) is 11.5. The second-order valence-electron chi connectivity index (χ2n) is 13.0. The lowest BCUT2D eigenvalue weighted by atomic mass is 9.96. The van der Waals surface area contributed by atoms with E-state index in [2.05, 4.69) is 30.6 Å². The third kappa shape index (κ3) is 10.0. The summed E-state index contributed by atoms with van der Waals surface area (Å²) in [5.41, 5.74) is 1.69. The highest BCUT2D eigenvalue weighted by Crippen LogP contribution is 2.24. The van der Waals surface area contributed by atoms with E-state index in [1.165, 1.54) is 21.9 Å². The van der Waals surface area contributed by atoms with Gasteiger partial charge in [0.1, 0.15) is 5.82 Å². The van der Waals surface area contributed by atoms with E-state index in [1.54, 1.807) is 12.1 Å². The molecule has 14 heteroatoms. The Labute approximate surface area is 268 Å². The fourth-order valence-corrected chi connectivity index (χ4v) is 6.69. The van der Waals surface area contributed by atoms with Gasteiger partial charge in [0.05, 0.1) is 24.6 Å². The number of urea groups is 1. The van der Waals surface area contributed by atoms with Crippen LogP contribution in [0.4, 0.5) is 23.7 Å². The van der Waals surface area contributed by atoms with Crippen LogP contribution in [0.1, 0.15) is 42.3 Å². The van der Waals surface area contributed by atoms with Gasteiger partial charge in [0.2, 0.25) is 5.78 Å². The molecular weight excluding hydrogens is 623 g/mol. The number of carbonyl (C=O) groups is 3. The van der Waals surface area contributed by atoms with Crippen molar-refractivity contribution in [1.29, 1.82) is 0 Å². The highest BCUT2D eigenvalue weighted by atomic mass is 32.2. The summed E-state index contributed by atoms with van der Waals surface area (Å²) < 4.78 is 64.1. The van der Waals surface area contributed by atoms with Crippen molar-refractivity contribution < 1.29 is 36.0 Å². The number of Topliss-reactive ketones (excluding diaryl/α,β-unsaturated/α-hetero) is 1. The van der Waals surface area contributed by atoms with Gasteiger partial charge in [-0.3, -0.25) is 19.4 Å². The molecule has 0 radical (unpaired) electrons. The number of sulfone groups is 1. The summed E-state index contributed by atoms with van der Waals surface area (Å²) in [6, 6.07) is 10.4. The average molecular weight is 666 g/mol. The number of piperazine rings is 1. The van der Waals surface area contributed by atoms with Crippen molar-refractivity contribution >= 4 is 33.2 Å². The molecule has 2 aromatic rings. The van der Waals surface area contributed by atoms with Crippen LogP contribution in [0.3, 0.4) is 0 Å². The summed E-state index contributed by atoms with van der Waals surface area (Å²) in [7, 11) is -3.25. The van der Waals surface area contributed by atoms with Crippen LogP contribution in [0.2, 0.25) is 0 Å². The van der Waals surface area contributed by atoms with Gasteiger partial charge in [0.25, 0.3) is 12.3 Å². The van der Waals surface area contributed by atoms with E-state index in [4.69, 9.17) is 0 Å². The number of carbonyl (C=O) groups excluding carboxylic acids is 3. The molecule has 0 unspecified atom stereocenters. The van der Waals surface area contributed by atoms with Gasteiger partial charge < -0.3 is 15.1 Å². The summed E-state index contributed by atoms with van der Waals surface area (Å²) in [5, 5.41) is 2.05. The number of nitrogens with zero attached hydrogens (tertiary/aromatic N) is 4. The lowest BCUT2D eigenvalue weighted by Gasteiger charge is -2.38. The maximum absolute atomic E-state index is 15.3. The molecule has 2 fully saturated rings. The third-order valence-electron chi connectivity index (χ3n) is 7.97. The molecule has 10 nitrogen and oxygen atoms in total. The Bertz CT molecular complexity index is 1490. The molecule has 0 aromatic heterocycles. The zero-order valence-electron chi connectivity index (χ0n) is 26.5. The van der Waals surface area contributed by atoms with Gasteiger partial charge in [0, 0.05) is 69.2 Å². The van der Waals surface area contributed by atoms with Gasteiger partial charge in [-0.25, -0.2) is 26.4 Å². The molecule has 2 aromatic carbocycles. The van der Waals surface area contributed by atoms with Crippen LogP contribution in [0.15, 0.2) is 42.5 Å². The van der Waals surface area contributed by atoms with Gasteiger partial charge >= 0.3 is 6.03 Å². The van der Waals surface area contributed by atoms with Gasteiger partial charge in [-0.15, -0.1) is 0 Å². The topological polar surface area (TPSA) is 110 Å². The van der Waals surface area contributed by atoms with E-state index >= 15 is 4.39 Å². The van der Waals surface area contributed by atoms with Crippen LogP contribution in [-0.2, 0) is 27.7 Å². The van der Waals surface area contributed by atoms with Gasteiger partial charge in [-0.1, -0.05) is 39.0 Å². The zero-order valence-corrected chi connectivity index (χ0v) is 27.3. The number of alkyl halides is 2. The number of hydrogen-bond acceptors (Lipinski definition) is 7. The van der Waals surface area contributed by atoms with Crippen LogP contribution in [-0.4, -0.2) is 111 Å². The fraction of sp³-hybridized carbons (Fsp3) is 0.531. The number of anilines is 1. The van der Waals surface area contributed by atoms with Crippen LogP contribution >= 0.6 is 0 Å². The molecule has 0 saturated carbocycles. The van der Waals surface area contributed by atoms with Crippen LogP contribution < -0.4 is 10.2 Å². The van der Waals surface area contributed by atoms with Crippen molar-refractivity contribution in [2.75, 3.05) is 68.8 Å². The van der Waals surface area contributed by atoms with E-state index in [9.17, 15) is 31.6 Å². The maximum atomic E-state index is 15.3. The largest absolute Gasteiger partial charge is 0.345 e. The zero-order chi connectivity index (χ0) is 33.6. The maximum Gasteiger partial charge on any atom is 0.324 e. The van der Waals surface area contributed by atoms with Crippen molar-refractivity contribution in [3.8, 4) is 0 Å². The highest BCUT2D eigenvalue weighted by Gasteiger charge is 2.30. The van der Waals surface area contributed by atoms with Crippen molar-refractivity contribution in [2.45, 2.75) is 40.3 Å². The summed E-state index contributed by atoms with van der Waals surface area (Å²) in [5.74, 6) is -3.50. The smallest absolute Gasteiger partial charge is 0.324 e. The molecule has 46 heavy (non-hydrogen) atoms. The number of rotatable bonds is 10. The second-order valence-corrected chi connectivity index (χ2v) is 15.3. The van der Waals surface area contributed by atoms with E-state index in [1.807, 2.05) is 17.4 Å². The minimum atomic E-state index is -3.25. The number of amides is 3. The standard InChI is InChI=1S/C32H42F3N5O5S/c1-32(2,3)22-38-12-10-37(11-13-38)20-23-4-8-26(9-5-23)40(31(43)39-14-16-46(44,45)17-15-39)21-25-7-6-24(18-27(25)33)30(42)36-19-28(41)29(34)35/h4-9,18,29H,10-17,19-22H2,1-3H3,(H,36,42). The SMILES string of the molecule is CC(C)(C)CN1CCN(Cc2ccc(N(Cc3ccc(C(=O)NCC(=O)C(F)F)cc3F)C(=O)N3CCS(=O)(=O)CC3)cc2)CC1. The Morgan fingerprint density at radius 1 is 0.913 bits per heavy atom. The van der Waals surface area contributed by atoms with Crippen molar-refractivity contribution in [3.05, 3.63) is 65.0 Å². The monoisotopic (exact) mass is 665 g/mol. The van der Waals surface area contributed by atoms with E-state index in [0.29, 0.717) is 5.69 Å². The first-order chi connectivity index (χ1) is 21.6. The summed E-state index contributed by atoms with van der Waals surface area (Å²) in [4.78, 5) is 44.8. The van der Waals surface area contributed by atoms with Crippen LogP contribution in [0, 0.1) is 11.2 Å². The second kappa shape index (κ2) is 14.9. The predicted octanol–water partition coefficient (Wildman–Crippen LogP) is 3.41. The molecule has 3 amide bonds. The van der Waals surface area contributed by atoms with Gasteiger partial charge in [0.15, 0.2) is 9.84 Å². The molecule has 2 saturated heterocycles. The predicted molar refractivity (Wildman–Crippen MR) is 169 cm³/mol. The molecule has 252 valence electrons. The number of hydrogen-bond donors (Lipinski definition) is 1. The number of halogens is 3. The highest BCUT2D eigenvalue weighted by molar-refractivity contribution is 7.91. The van der Waals surface area contributed by atoms with Gasteiger partial charge in [-0.05, 0) is 35.2 Å². The summed E-state index contributed by atoms with van der Waals surface area (Å²) >= 11 is 0. The van der Waals surface area contributed by atoms with Crippen molar-refractivity contribution in [2.24, 2.45) is 5.41 Å². The minimum absolute atomic E-state index is 0.00979. The lowest BCUT2D eigenvalue weighted by molar-refractivity contribution is -0.128. The summed E-state index contributed by atoms with van der Waals surface area (Å²) in [6.45, 7) is 11.3. The minimum Gasteiger partial charge on any atom is -0.345 e. The molecule has 0 spiro atoms. The van der Waals surface area contributed by atoms with Crippen LogP contribution in [0.5, 0.6) is 0 Å². The Morgan fingerprint density at radius 2 is 1.52 bits per heavy atom. The molecule has 2 aliphatic rings. The summed E-state index contributed by atoms with van der Waals surface area (Å²) in [6.07, 6.45) is -3.23. The van der Waals surface area contributed by atoms with E-state index in [-0.39, 0.29) is 47.7 Å². The first kappa shape index (κ1) is 35.4.